The molecule has 3 rings (SSSR count). The molecule has 2 aliphatic heterocycles. The van der Waals surface area contributed by atoms with Gasteiger partial charge in [-0.05, 0) is 10.4 Å². The van der Waals surface area contributed by atoms with Crippen molar-refractivity contribution in [3.05, 3.63) is 22.4 Å². The maximum absolute atomic E-state index is 9.17. The normalized spacial score (nSPS) is 22.9. The highest BCUT2D eigenvalue weighted by Crippen LogP contribution is 2.34. The highest BCUT2D eigenvalue weighted by atomic mass is 15.9. The molecule has 1 atom stereocenters. The Morgan fingerprint density at radius 1 is 1.05 bits per heavy atom. The number of rotatable bonds is 0. The number of hydrogen-bond acceptors (Lipinski definition) is 10. The Hall–Kier alpha value is -3.58. The Labute approximate surface area is 105 Å². The van der Waals surface area contributed by atoms with Crippen LogP contribution in [0.4, 0.5) is 0 Å². The first-order valence-electron chi connectivity index (χ1n) is 4.95. The largest absolute Gasteiger partial charge is 0.192 e. The molecular formula is C9H2N10. The summed E-state index contributed by atoms with van der Waals surface area (Å²) in [6, 6.07) is 4.88. The van der Waals surface area contributed by atoms with Gasteiger partial charge in [0, 0.05) is 0 Å². The van der Waals surface area contributed by atoms with E-state index in [1.165, 1.54) is 5.12 Å². The average molecular weight is 250 g/mol. The molecule has 10 nitrogen and oxygen atoms in total. The summed E-state index contributed by atoms with van der Waals surface area (Å²) in [6.07, 6.45) is 0. The third-order valence-corrected chi connectivity index (χ3v) is 2.70. The molecule has 0 aromatic heterocycles. The first-order chi connectivity index (χ1) is 9.31. The summed E-state index contributed by atoms with van der Waals surface area (Å²) in [5, 5.41) is 47.0. The van der Waals surface area contributed by atoms with E-state index in [9.17, 15) is 10.5 Å². The van der Waals surface area contributed by atoms with Gasteiger partial charge in [-0.1, -0.05) is 5.22 Å². The summed E-state index contributed by atoms with van der Waals surface area (Å²) in [5.41, 5.74) is 2.81. The monoisotopic (exact) mass is 250 g/mol. The van der Waals surface area contributed by atoms with Gasteiger partial charge in [0.1, 0.15) is 29.6 Å². The molecule has 10 heteroatoms. The minimum Gasteiger partial charge on any atom is -0.192 e. The molecule has 1 N–H and O–H groups in total. The van der Waals surface area contributed by atoms with Crippen molar-refractivity contribution in [1.82, 2.24) is 10.7 Å². The molecule has 0 spiro atoms. The first-order valence-corrected chi connectivity index (χ1v) is 4.95. The van der Waals surface area contributed by atoms with E-state index in [4.69, 9.17) is 5.26 Å². The molecular weight excluding hydrogens is 248 g/mol. The first kappa shape index (κ1) is 10.6. The molecule has 0 bridgehead atoms. The summed E-state index contributed by atoms with van der Waals surface area (Å²) >= 11 is 0. The fourth-order valence-corrected chi connectivity index (χ4v) is 1.93. The van der Waals surface area contributed by atoms with E-state index < -0.39 is 6.04 Å². The second-order valence-corrected chi connectivity index (χ2v) is 3.56. The van der Waals surface area contributed by atoms with Gasteiger partial charge in [0.2, 0.25) is 0 Å². The maximum atomic E-state index is 9.17. The minimum absolute atomic E-state index is 0.00431. The maximum Gasteiger partial charge on any atom is 0.163 e. The average Bonchev–Trinajstić information content (AvgIpc) is 2.47. The Bertz CT molecular complexity index is 743. The van der Waals surface area contributed by atoms with Crippen molar-refractivity contribution in [1.29, 1.82) is 15.8 Å². The predicted octanol–water partition coefficient (Wildman–Crippen LogP) is 0.414. The SMILES string of the molecule is N#CC1=C(C#N)C(C#N)=C2N=NNN3N=NN=C1C23. The summed E-state index contributed by atoms with van der Waals surface area (Å²) in [5.74, 6) is 0. The summed E-state index contributed by atoms with van der Waals surface area (Å²) < 4.78 is 0. The second kappa shape index (κ2) is 3.72. The lowest BCUT2D eigenvalue weighted by atomic mass is 9.85. The topological polar surface area (TPSA) is 148 Å². The lowest BCUT2D eigenvalue weighted by Gasteiger charge is -2.33. The fraction of sp³-hybridized carbons (Fsp3) is 0.111. The van der Waals surface area contributed by atoms with E-state index in [0.717, 1.165) is 0 Å². The van der Waals surface area contributed by atoms with Crippen LogP contribution in [-0.2, 0) is 0 Å². The van der Waals surface area contributed by atoms with Crippen LogP contribution in [0.25, 0.3) is 0 Å². The van der Waals surface area contributed by atoms with Gasteiger partial charge in [-0.15, -0.1) is 10.2 Å². The van der Waals surface area contributed by atoms with E-state index in [-0.39, 0.29) is 28.1 Å². The summed E-state index contributed by atoms with van der Waals surface area (Å²) in [4.78, 5) is 0. The van der Waals surface area contributed by atoms with Crippen molar-refractivity contribution in [2.45, 2.75) is 6.04 Å². The van der Waals surface area contributed by atoms with E-state index in [2.05, 4.69) is 31.4 Å². The van der Waals surface area contributed by atoms with Crippen molar-refractivity contribution >= 4 is 5.71 Å². The van der Waals surface area contributed by atoms with Crippen molar-refractivity contribution in [2.75, 3.05) is 0 Å². The molecule has 2 heterocycles. The van der Waals surface area contributed by atoms with E-state index in [1.807, 2.05) is 18.2 Å². The fourth-order valence-electron chi connectivity index (χ4n) is 1.93. The Balaban J connectivity index is 2.38. The Morgan fingerprint density at radius 3 is 2.47 bits per heavy atom. The van der Waals surface area contributed by atoms with Gasteiger partial charge in [-0.25, -0.2) is 0 Å². The Kier molecular flexibility index (Phi) is 2.07. The summed E-state index contributed by atoms with van der Waals surface area (Å²) in [7, 11) is 0. The molecule has 1 aliphatic carbocycles. The lowest BCUT2D eigenvalue weighted by molar-refractivity contribution is 0.140. The van der Waals surface area contributed by atoms with Gasteiger partial charge >= 0.3 is 0 Å². The van der Waals surface area contributed by atoms with Crippen molar-refractivity contribution < 1.29 is 0 Å². The van der Waals surface area contributed by atoms with Crippen LogP contribution in [0, 0.1) is 34.0 Å². The van der Waals surface area contributed by atoms with Crippen LogP contribution < -0.4 is 5.53 Å². The number of nitriles is 3. The van der Waals surface area contributed by atoms with Gasteiger partial charge < -0.3 is 0 Å². The third-order valence-electron chi connectivity index (χ3n) is 2.70. The van der Waals surface area contributed by atoms with Gasteiger partial charge in [0.25, 0.3) is 0 Å². The van der Waals surface area contributed by atoms with Gasteiger partial charge in [-0.3, -0.25) is 0 Å². The number of hydrogen-bond donors (Lipinski definition) is 1. The van der Waals surface area contributed by atoms with Crippen LogP contribution in [0.5, 0.6) is 0 Å². The molecule has 0 radical (unpaired) electrons. The Morgan fingerprint density at radius 2 is 1.79 bits per heavy atom. The standard InChI is InChI=1S/C9H2N10/c10-1-4-5(2-11)7-9-8(6(4)3-12)14-16-18-19(9)17-15-13-7/h9H,(H,13,17). The van der Waals surface area contributed by atoms with Crippen molar-refractivity contribution in [3.63, 3.8) is 0 Å². The lowest BCUT2D eigenvalue weighted by Crippen LogP contribution is -2.50. The van der Waals surface area contributed by atoms with E-state index >= 15 is 0 Å². The number of nitrogens with one attached hydrogen (secondary N) is 1. The predicted molar refractivity (Wildman–Crippen MR) is 56.8 cm³/mol. The van der Waals surface area contributed by atoms with E-state index in [1.54, 1.807) is 0 Å². The van der Waals surface area contributed by atoms with Gasteiger partial charge in [-0.2, -0.15) is 26.4 Å². The van der Waals surface area contributed by atoms with Crippen molar-refractivity contribution in [3.8, 4) is 18.2 Å². The quantitative estimate of drug-likeness (QED) is 0.660. The van der Waals surface area contributed by atoms with Crippen LogP contribution in [0.2, 0.25) is 0 Å². The molecule has 88 valence electrons. The van der Waals surface area contributed by atoms with Crippen LogP contribution >= 0.6 is 0 Å². The number of nitrogens with zero attached hydrogens (tertiary/aromatic N) is 9. The molecule has 3 aliphatic rings. The molecule has 0 aromatic rings. The molecule has 0 saturated carbocycles. The second-order valence-electron chi connectivity index (χ2n) is 3.56. The zero-order valence-electron chi connectivity index (χ0n) is 9.10. The highest BCUT2D eigenvalue weighted by molar-refractivity contribution is 6.12. The molecule has 1 unspecified atom stereocenters. The summed E-state index contributed by atoms with van der Waals surface area (Å²) in [6.45, 7) is 0. The van der Waals surface area contributed by atoms with Gasteiger partial charge in [0.05, 0.1) is 16.7 Å². The molecule has 0 amide bonds. The van der Waals surface area contributed by atoms with Gasteiger partial charge in [0.15, 0.2) is 6.04 Å². The van der Waals surface area contributed by atoms with Crippen LogP contribution in [0.1, 0.15) is 0 Å². The third kappa shape index (κ3) is 1.24. The van der Waals surface area contributed by atoms with Crippen molar-refractivity contribution in [2.24, 2.45) is 25.9 Å². The molecule has 19 heavy (non-hydrogen) atoms. The molecule has 0 fully saturated rings. The van der Waals surface area contributed by atoms with Crippen LogP contribution in [0.3, 0.4) is 0 Å². The van der Waals surface area contributed by atoms with E-state index in [0.29, 0.717) is 0 Å². The zero-order valence-corrected chi connectivity index (χ0v) is 9.10. The minimum atomic E-state index is -0.684. The van der Waals surface area contributed by atoms with Crippen LogP contribution in [-0.4, -0.2) is 16.9 Å². The highest BCUT2D eigenvalue weighted by Gasteiger charge is 2.43. The molecule has 0 saturated heterocycles. The molecule has 0 aromatic carbocycles. The zero-order chi connectivity index (χ0) is 13.4. The van der Waals surface area contributed by atoms with Crippen LogP contribution in [0.15, 0.2) is 48.3 Å². The number of hydrazine groups is 1. The smallest absolute Gasteiger partial charge is 0.163 e. The number of allylic oxidation sites excluding steroid dienone is 2.